The Balaban J connectivity index is 2.28. The van der Waals surface area contributed by atoms with Crippen molar-refractivity contribution in [3.63, 3.8) is 0 Å². The molecule has 0 aromatic heterocycles. The maximum Gasteiger partial charge on any atom is 0.340 e. The number of rotatable bonds is 8. The van der Waals surface area contributed by atoms with Crippen LogP contribution in [0.2, 0.25) is 0 Å². The minimum absolute atomic E-state index is 0.0331. The second-order valence-electron chi connectivity index (χ2n) is 6.03. The van der Waals surface area contributed by atoms with Crippen LogP contribution < -0.4 is 5.32 Å². The molecule has 0 aliphatic rings. The Morgan fingerprint density at radius 2 is 1.89 bits per heavy atom. The highest BCUT2D eigenvalue weighted by Crippen LogP contribution is 2.23. The number of hydrogen-bond acceptors (Lipinski definition) is 7. The number of sulfonamides is 1. The lowest BCUT2D eigenvalue weighted by atomic mass is 10.1. The number of carbonyl (C=O) groups is 1. The number of ether oxygens (including phenoxy) is 1. The summed E-state index contributed by atoms with van der Waals surface area (Å²) in [6, 6.07) is 12.7. The molecule has 0 heterocycles. The highest BCUT2D eigenvalue weighted by atomic mass is 32.2. The maximum atomic E-state index is 12.6. The zero-order valence-electron chi connectivity index (χ0n) is 15.5. The lowest BCUT2D eigenvalue weighted by Crippen LogP contribution is -2.23. The fourth-order valence-corrected chi connectivity index (χ4v) is 3.24. The lowest BCUT2D eigenvalue weighted by molar-refractivity contribution is 0.0473. The first-order valence-electron chi connectivity index (χ1n) is 8.37. The molecule has 0 atom stereocenters. The van der Waals surface area contributed by atoms with E-state index in [9.17, 15) is 13.2 Å². The monoisotopic (exact) mass is 403 g/mol. The molecule has 0 amide bonds. The van der Waals surface area contributed by atoms with Crippen molar-refractivity contribution >= 4 is 21.7 Å². The van der Waals surface area contributed by atoms with Crippen molar-refractivity contribution in [1.82, 2.24) is 4.31 Å². The molecule has 148 valence electrons. The Kier molecular flexibility index (Phi) is 7.12. The number of anilines is 1. The summed E-state index contributed by atoms with van der Waals surface area (Å²) in [5, 5.41) is 20.7. The van der Waals surface area contributed by atoms with Crippen LogP contribution in [0, 0.1) is 11.3 Å². The first-order valence-corrected chi connectivity index (χ1v) is 9.81. The quantitative estimate of drug-likeness (QED) is 0.642. The van der Waals surface area contributed by atoms with Crippen LogP contribution in [-0.4, -0.2) is 51.0 Å². The van der Waals surface area contributed by atoms with Crippen molar-refractivity contribution in [1.29, 1.82) is 5.26 Å². The molecular weight excluding hydrogens is 382 g/mol. The van der Waals surface area contributed by atoms with Gasteiger partial charge in [0.1, 0.15) is 6.61 Å². The number of nitrogens with one attached hydrogen (secondary N) is 1. The van der Waals surface area contributed by atoms with E-state index in [1.54, 1.807) is 24.3 Å². The third-order valence-corrected chi connectivity index (χ3v) is 5.68. The Labute approximate surface area is 164 Å². The van der Waals surface area contributed by atoms with Crippen LogP contribution in [0.1, 0.15) is 21.5 Å². The van der Waals surface area contributed by atoms with Gasteiger partial charge in [-0.15, -0.1) is 0 Å². The summed E-state index contributed by atoms with van der Waals surface area (Å²) in [5.74, 6) is -0.708. The predicted molar refractivity (Wildman–Crippen MR) is 103 cm³/mol. The van der Waals surface area contributed by atoms with Gasteiger partial charge in [0.25, 0.3) is 0 Å². The van der Waals surface area contributed by atoms with Gasteiger partial charge in [0.2, 0.25) is 10.0 Å². The van der Waals surface area contributed by atoms with Crippen molar-refractivity contribution in [2.75, 3.05) is 32.6 Å². The van der Waals surface area contributed by atoms with E-state index in [1.165, 1.54) is 32.3 Å². The highest BCUT2D eigenvalue weighted by Gasteiger charge is 2.22. The SMILES string of the molecule is CN(C)S(=O)(=O)c1ccc(NCCO)c(C(=O)OCc2ccc(C#N)cc2)c1. The van der Waals surface area contributed by atoms with Crippen molar-refractivity contribution in [2.45, 2.75) is 11.5 Å². The van der Waals surface area contributed by atoms with E-state index in [-0.39, 0.29) is 30.2 Å². The van der Waals surface area contributed by atoms with Gasteiger partial charge in [-0.3, -0.25) is 0 Å². The van der Waals surface area contributed by atoms with Crippen LogP contribution in [-0.2, 0) is 21.4 Å². The molecule has 0 aliphatic heterocycles. The fraction of sp³-hybridized carbons (Fsp3) is 0.263. The van der Waals surface area contributed by atoms with Crippen LogP contribution in [0.25, 0.3) is 0 Å². The minimum Gasteiger partial charge on any atom is -0.457 e. The molecule has 2 aromatic rings. The topological polar surface area (TPSA) is 120 Å². The van der Waals surface area contributed by atoms with E-state index in [1.807, 2.05) is 6.07 Å². The van der Waals surface area contributed by atoms with Gasteiger partial charge in [-0.25, -0.2) is 17.5 Å². The van der Waals surface area contributed by atoms with Crippen LogP contribution in [0.15, 0.2) is 47.4 Å². The first-order chi connectivity index (χ1) is 13.3. The van der Waals surface area contributed by atoms with Gasteiger partial charge in [0.15, 0.2) is 0 Å². The van der Waals surface area contributed by atoms with E-state index in [0.29, 0.717) is 16.8 Å². The molecule has 0 unspecified atom stereocenters. The molecule has 9 heteroatoms. The molecule has 0 saturated heterocycles. The normalized spacial score (nSPS) is 11.1. The number of aliphatic hydroxyl groups is 1. The average molecular weight is 403 g/mol. The number of aliphatic hydroxyl groups excluding tert-OH is 1. The number of benzene rings is 2. The third-order valence-electron chi connectivity index (χ3n) is 3.87. The summed E-state index contributed by atoms with van der Waals surface area (Å²) in [7, 11) is -0.929. The van der Waals surface area contributed by atoms with E-state index in [0.717, 1.165) is 4.31 Å². The standard InChI is InChI=1S/C19H21N3O5S/c1-22(2)28(25,26)16-7-8-18(21-9-10-23)17(11-16)19(24)27-13-15-5-3-14(12-20)4-6-15/h3-8,11,21,23H,9-10,13H2,1-2H3. The summed E-state index contributed by atoms with van der Waals surface area (Å²) in [5.41, 5.74) is 1.59. The van der Waals surface area contributed by atoms with Gasteiger partial charge < -0.3 is 15.2 Å². The Bertz CT molecular complexity index is 980. The molecule has 0 spiro atoms. The molecule has 0 bridgehead atoms. The average Bonchev–Trinajstić information content (AvgIpc) is 2.70. The van der Waals surface area contributed by atoms with E-state index >= 15 is 0 Å². The zero-order valence-corrected chi connectivity index (χ0v) is 16.4. The lowest BCUT2D eigenvalue weighted by Gasteiger charge is -2.15. The number of carbonyl (C=O) groups excluding carboxylic acids is 1. The molecule has 8 nitrogen and oxygen atoms in total. The first kappa shape index (κ1) is 21.4. The van der Waals surface area contributed by atoms with Gasteiger partial charge in [-0.1, -0.05) is 12.1 Å². The molecule has 0 saturated carbocycles. The van der Waals surface area contributed by atoms with Crippen molar-refractivity contribution < 1.29 is 23.1 Å². The summed E-state index contributed by atoms with van der Waals surface area (Å²) in [6.45, 7) is 0.00178. The maximum absolute atomic E-state index is 12.6. The molecule has 0 fully saturated rings. The van der Waals surface area contributed by atoms with E-state index in [2.05, 4.69) is 5.32 Å². The smallest absolute Gasteiger partial charge is 0.340 e. The molecule has 0 aliphatic carbocycles. The predicted octanol–water partition coefficient (Wildman–Crippen LogP) is 1.57. The summed E-state index contributed by atoms with van der Waals surface area (Å²) >= 11 is 0. The van der Waals surface area contributed by atoms with Gasteiger partial charge in [0, 0.05) is 26.3 Å². The Morgan fingerprint density at radius 3 is 2.46 bits per heavy atom. The molecular formula is C19H21N3O5S. The van der Waals surface area contributed by atoms with Crippen LogP contribution in [0.3, 0.4) is 0 Å². The number of esters is 1. The van der Waals surface area contributed by atoms with Crippen molar-refractivity contribution in [3.8, 4) is 6.07 Å². The Morgan fingerprint density at radius 1 is 1.21 bits per heavy atom. The summed E-state index contributed by atoms with van der Waals surface area (Å²) in [4.78, 5) is 12.5. The fourth-order valence-electron chi connectivity index (χ4n) is 2.31. The largest absolute Gasteiger partial charge is 0.457 e. The van der Waals surface area contributed by atoms with Crippen LogP contribution >= 0.6 is 0 Å². The van der Waals surface area contributed by atoms with E-state index < -0.39 is 16.0 Å². The zero-order chi connectivity index (χ0) is 20.7. The molecule has 0 radical (unpaired) electrons. The van der Waals surface area contributed by atoms with Gasteiger partial charge in [-0.2, -0.15) is 5.26 Å². The Hall–Kier alpha value is -2.93. The molecule has 28 heavy (non-hydrogen) atoms. The second kappa shape index (κ2) is 9.32. The van der Waals surface area contributed by atoms with E-state index in [4.69, 9.17) is 15.1 Å². The number of nitriles is 1. The van der Waals surface area contributed by atoms with Crippen molar-refractivity contribution in [3.05, 3.63) is 59.2 Å². The molecule has 2 rings (SSSR count). The van der Waals surface area contributed by atoms with Gasteiger partial charge >= 0.3 is 5.97 Å². The minimum atomic E-state index is -3.73. The van der Waals surface area contributed by atoms with Gasteiger partial charge in [0.05, 0.1) is 28.7 Å². The van der Waals surface area contributed by atoms with Crippen molar-refractivity contribution in [2.24, 2.45) is 0 Å². The highest BCUT2D eigenvalue weighted by molar-refractivity contribution is 7.89. The summed E-state index contributed by atoms with van der Waals surface area (Å²) in [6.07, 6.45) is 0. The van der Waals surface area contributed by atoms with Crippen LogP contribution in [0.4, 0.5) is 5.69 Å². The van der Waals surface area contributed by atoms with Gasteiger partial charge in [-0.05, 0) is 35.9 Å². The number of hydrogen-bond donors (Lipinski definition) is 2. The number of nitrogens with zero attached hydrogens (tertiary/aromatic N) is 2. The summed E-state index contributed by atoms with van der Waals surface area (Å²) < 4.78 is 31.1. The molecule has 2 aromatic carbocycles. The van der Waals surface area contributed by atoms with Crippen LogP contribution in [0.5, 0.6) is 0 Å². The third kappa shape index (κ3) is 5.07. The molecule has 2 N–H and O–H groups in total. The second-order valence-corrected chi connectivity index (χ2v) is 8.18.